The fourth-order valence-corrected chi connectivity index (χ4v) is 3.14. The number of hydrogen-bond donors (Lipinski definition) is 0. The van der Waals surface area contributed by atoms with Crippen LogP contribution in [0.5, 0.6) is 0 Å². The van der Waals surface area contributed by atoms with E-state index in [4.69, 9.17) is 0 Å². The maximum absolute atomic E-state index is 11.8. The second-order valence-corrected chi connectivity index (χ2v) is 5.46. The van der Waals surface area contributed by atoms with Crippen LogP contribution in [0.25, 0.3) is 0 Å². The standard InChI is InChI=1S/C14H26N2O/c1-2-6-14(17)16-11-7-13(8-12-16)15-9-4-3-5-10-15/h13H,2-12H2,1H3. The summed E-state index contributed by atoms with van der Waals surface area (Å²) >= 11 is 0. The van der Waals surface area contributed by atoms with Crippen LogP contribution in [-0.2, 0) is 4.79 Å². The Balaban J connectivity index is 1.75. The number of nitrogens with zero attached hydrogens (tertiary/aromatic N) is 2. The van der Waals surface area contributed by atoms with Gasteiger partial charge >= 0.3 is 0 Å². The molecule has 2 fully saturated rings. The molecule has 0 saturated carbocycles. The van der Waals surface area contributed by atoms with Gasteiger partial charge in [0.25, 0.3) is 0 Å². The summed E-state index contributed by atoms with van der Waals surface area (Å²) in [7, 11) is 0. The molecule has 0 unspecified atom stereocenters. The molecule has 0 spiro atoms. The van der Waals surface area contributed by atoms with Crippen molar-refractivity contribution in [3.63, 3.8) is 0 Å². The maximum atomic E-state index is 11.8. The quantitative estimate of drug-likeness (QED) is 0.753. The van der Waals surface area contributed by atoms with Crippen molar-refractivity contribution >= 4 is 5.91 Å². The zero-order chi connectivity index (χ0) is 12.1. The summed E-state index contributed by atoms with van der Waals surface area (Å²) in [6, 6.07) is 0.751. The average Bonchev–Trinajstić information content (AvgIpc) is 2.40. The molecule has 17 heavy (non-hydrogen) atoms. The Hall–Kier alpha value is -0.570. The molecule has 98 valence electrons. The van der Waals surface area contributed by atoms with Gasteiger partial charge in [0, 0.05) is 25.6 Å². The topological polar surface area (TPSA) is 23.6 Å². The molecule has 0 aliphatic carbocycles. The molecule has 0 aromatic rings. The van der Waals surface area contributed by atoms with Gasteiger partial charge in [-0.15, -0.1) is 0 Å². The van der Waals surface area contributed by atoms with Crippen LogP contribution in [0.1, 0.15) is 51.9 Å². The first-order valence-electron chi connectivity index (χ1n) is 7.33. The third-order valence-corrected chi connectivity index (χ3v) is 4.19. The molecule has 0 aromatic carbocycles. The van der Waals surface area contributed by atoms with Crippen molar-refractivity contribution in [2.75, 3.05) is 26.2 Å². The molecule has 0 atom stereocenters. The van der Waals surface area contributed by atoms with E-state index >= 15 is 0 Å². The van der Waals surface area contributed by atoms with Crippen LogP contribution >= 0.6 is 0 Å². The highest BCUT2D eigenvalue weighted by Gasteiger charge is 2.26. The van der Waals surface area contributed by atoms with E-state index in [2.05, 4.69) is 16.7 Å². The van der Waals surface area contributed by atoms with Crippen LogP contribution in [0.2, 0.25) is 0 Å². The molecule has 0 radical (unpaired) electrons. The van der Waals surface area contributed by atoms with Crippen LogP contribution in [0.3, 0.4) is 0 Å². The molecule has 0 bridgehead atoms. The molecule has 3 nitrogen and oxygen atoms in total. The van der Waals surface area contributed by atoms with Crippen molar-refractivity contribution in [2.24, 2.45) is 0 Å². The van der Waals surface area contributed by atoms with Crippen molar-refractivity contribution < 1.29 is 4.79 Å². The van der Waals surface area contributed by atoms with Gasteiger partial charge in [-0.1, -0.05) is 13.3 Å². The summed E-state index contributed by atoms with van der Waals surface area (Å²) in [5, 5.41) is 0. The largest absolute Gasteiger partial charge is 0.343 e. The summed E-state index contributed by atoms with van der Waals surface area (Å²) in [5.41, 5.74) is 0. The first-order valence-corrected chi connectivity index (χ1v) is 7.33. The monoisotopic (exact) mass is 238 g/mol. The number of rotatable bonds is 3. The highest BCUT2D eigenvalue weighted by Crippen LogP contribution is 2.21. The fraction of sp³-hybridized carbons (Fsp3) is 0.929. The molecule has 1 amide bonds. The first kappa shape index (κ1) is 12.9. The van der Waals surface area contributed by atoms with E-state index in [1.165, 1.54) is 45.2 Å². The van der Waals surface area contributed by atoms with Gasteiger partial charge in [-0.3, -0.25) is 4.79 Å². The Morgan fingerprint density at radius 2 is 1.71 bits per heavy atom. The van der Waals surface area contributed by atoms with Crippen LogP contribution < -0.4 is 0 Å². The maximum Gasteiger partial charge on any atom is 0.222 e. The van der Waals surface area contributed by atoms with Crippen LogP contribution in [-0.4, -0.2) is 47.9 Å². The van der Waals surface area contributed by atoms with E-state index in [9.17, 15) is 4.79 Å². The van der Waals surface area contributed by atoms with Gasteiger partial charge in [0.2, 0.25) is 5.91 Å². The number of amides is 1. The molecule has 2 aliphatic rings. The van der Waals surface area contributed by atoms with Crippen molar-refractivity contribution in [3.8, 4) is 0 Å². The second kappa shape index (κ2) is 6.39. The summed E-state index contributed by atoms with van der Waals surface area (Å²) in [5.74, 6) is 0.365. The lowest BCUT2D eigenvalue weighted by atomic mass is 9.99. The Morgan fingerprint density at radius 1 is 1.06 bits per heavy atom. The van der Waals surface area contributed by atoms with E-state index in [1.54, 1.807) is 0 Å². The van der Waals surface area contributed by atoms with E-state index in [0.717, 1.165) is 32.0 Å². The molecule has 2 saturated heterocycles. The normalized spacial score (nSPS) is 23.9. The lowest BCUT2D eigenvalue weighted by Gasteiger charge is -2.40. The summed E-state index contributed by atoms with van der Waals surface area (Å²) in [4.78, 5) is 16.5. The van der Waals surface area contributed by atoms with Gasteiger partial charge in [-0.25, -0.2) is 0 Å². The van der Waals surface area contributed by atoms with Crippen molar-refractivity contribution in [2.45, 2.75) is 57.9 Å². The lowest BCUT2D eigenvalue weighted by Crippen LogP contribution is -2.48. The molecular weight excluding hydrogens is 212 g/mol. The molecule has 2 rings (SSSR count). The lowest BCUT2D eigenvalue weighted by molar-refractivity contribution is -0.132. The van der Waals surface area contributed by atoms with Gasteiger partial charge in [-0.2, -0.15) is 0 Å². The van der Waals surface area contributed by atoms with Gasteiger partial charge < -0.3 is 9.80 Å². The van der Waals surface area contributed by atoms with Gasteiger partial charge in [0.05, 0.1) is 0 Å². The third-order valence-electron chi connectivity index (χ3n) is 4.19. The predicted octanol–water partition coefficient (Wildman–Crippen LogP) is 2.26. The third kappa shape index (κ3) is 3.44. The zero-order valence-corrected chi connectivity index (χ0v) is 11.2. The van der Waals surface area contributed by atoms with Crippen molar-refractivity contribution in [3.05, 3.63) is 0 Å². The second-order valence-electron chi connectivity index (χ2n) is 5.46. The Bertz CT molecular complexity index is 241. The first-order chi connectivity index (χ1) is 8.31. The van der Waals surface area contributed by atoms with Crippen LogP contribution in [0, 0.1) is 0 Å². The highest BCUT2D eigenvalue weighted by atomic mass is 16.2. The molecule has 2 heterocycles. The summed E-state index contributed by atoms with van der Waals surface area (Å²) < 4.78 is 0. The molecule has 0 N–H and O–H groups in total. The molecule has 2 aliphatic heterocycles. The number of carbonyl (C=O) groups is 1. The Labute approximate surface area is 105 Å². The summed E-state index contributed by atoms with van der Waals surface area (Å²) in [6.45, 7) is 6.62. The predicted molar refractivity (Wildman–Crippen MR) is 69.9 cm³/mol. The molecular formula is C14H26N2O. The average molecular weight is 238 g/mol. The number of piperidine rings is 2. The van der Waals surface area contributed by atoms with Gasteiger partial charge in [0.1, 0.15) is 0 Å². The van der Waals surface area contributed by atoms with E-state index in [-0.39, 0.29) is 0 Å². The molecule has 3 heteroatoms. The smallest absolute Gasteiger partial charge is 0.222 e. The number of hydrogen-bond acceptors (Lipinski definition) is 2. The molecule has 0 aromatic heterocycles. The van der Waals surface area contributed by atoms with Crippen LogP contribution in [0.4, 0.5) is 0 Å². The number of carbonyl (C=O) groups excluding carboxylic acids is 1. The van der Waals surface area contributed by atoms with E-state index in [0.29, 0.717) is 5.91 Å². The summed E-state index contributed by atoms with van der Waals surface area (Å²) in [6.07, 6.45) is 8.23. The van der Waals surface area contributed by atoms with Gasteiger partial charge in [0.15, 0.2) is 0 Å². The SMILES string of the molecule is CCCC(=O)N1CCC(N2CCCCC2)CC1. The Kier molecular flexibility index (Phi) is 4.84. The fourth-order valence-electron chi connectivity index (χ4n) is 3.14. The van der Waals surface area contributed by atoms with Gasteiger partial charge in [-0.05, 0) is 45.2 Å². The van der Waals surface area contributed by atoms with Crippen molar-refractivity contribution in [1.82, 2.24) is 9.80 Å². The zero-order valence-electron chi connectivity index (χ0n) is 11.2. The van der Waals surface area contributed by atoms with Crippen molar-refractivity contribution in [1.29, 1.82) is 0 Å². The Morgan fingerprint density at radius 3 is 2.29 bits per heavy atom. The minimum absolute atomic E-state index is 0.365. The minimum Gasteiger partial charge on any atom is -0.343 e. The van der Waals surface area contributed by atoms with E-state index < -0.39 is 0 Å². The number of likely N-dealkylation sites (tertiary alicyclic amines) is 2. The van der Waals surface area contributed by atoms with E-state index in [1.807, 2.05) is 0 Å². The minimum atomic E-state index is 0.365. The highest BCUT2D eigenvalue weighted by molar-refractivity contribution is 5.76. The van der Waals surface area contributed by atoms with Crippen LogP contribution in [0.15, 0.2) is 0 Å².